The Bertz CT molecular complexity index is 1050. The number of benzene rings is 2. The summed E-state index contributed by atoms with van der Waals surface area (Å²) in [6, 6.07) is 10.8. The topological polar surface area (TPSA) is 111 Å². The largest absolute Gasteiger partial charge is 0.495 e. The lowest BCUT2D eigenvalue weighted by molar-refractivity contribution is -0.123. The highest BCUT2D eigenvalue weighted by Crippen LogP contribution is 2.28. The van der Waals surface area contributed by atoms with Crippen LogP contribution in [-0.4, -0.2) is 39.5 Å². The summed E-state index contributed by atoms with van der Waals surface area (Å²) < 4.78 is 38.9. The SMILES string of the molecule is COc1ccc(C(=O)OC(C)C(=O)Nc2ccc(Br)cc2)cc1S(=O)(=O)NC1CC1. The lowest BCUT2D eigenvalue weighted by atomic mass is 10.2. The van der Waals surface area contributed by atoms with Crippen LogP contribution < -0.4 is 14.8 Å². The van der Waals surface area contributed by atoms with E-state index in [9.17, 15) is 18.0 Å². The van der Waals surface area contributed by atoms with Gasteiger partial charge in [-0.2, -0.15) is 0 Å². The molecule has 0 spiro atoms. The van der Waals surface area contributed by atoms with Crippen LogP contribution in [0.5, 0.6) is 5.75 Å². The molecule has 1 amide bonds. The number of amides is 1. The first kappa shape index (κ1) is 22.3. The second-order valence-corrected chi connectivity index (χ2v) is 9.40. The van der Waals surface area contributed by atoms with E-state index in [0.29, 0.717) is 5.69 Å². The van der Waals surface area contributed by atoms with Crippen molar-refractivity contribution in [1.82, 2.24) is 4.72 Å². The summed E-state index contributed by atoms with van der Waals surface area (Å²) in [6.45, 7) is 1.43. The van der Waals surface area contributed by atoms with Gasteiger partial charge in [0.15, 0.2) is 6.10 Å². The van der Waals surface area contributed by atoms with Crippen molar-refractivity contribution in [3.8, 4) is 5.75 Å². The van der Waals surface area contributed by atoms with Gasteiger partial charge in [-0.25, -0.2) is 17.9 Å². The van der Waals surface area contributed by atoms with Crippen molar-refractivity contribution < 1.29 is 27.5 Å². The van der Waals surface area contributed by atoms with Crippen molar-refractivity contribution in [3.05, 3.63) is 52.5 Å². The van der Waals surface area contributed by atoms with Crippen LogP contribution in [0.1, 0.15) is 30.1 Å². The van der Waals surface area contributed by atoms with Crippen LogP contribution in [0.15, 0.2) is 51.8 Å². The summed E-state index contributed by atoms with van der Waals surface area (Å²) in [5, 5.41) is 2.65. The lowest BCUT2D eigenvalue weighted by Crippen LogP contribution is -2.30. The summed E-state index contributed by atoms with van der Waals surface area (Å²) in [5.74, 6) is -1.22. The zero-order valence-electron chi connectivity index (χ0n) is 16.3. The number of hydrogen-bond acceptors (Lipinski definition) is 6. The number of nitrogens with one attached hydrogen (secondary N) is 2. The third-order valence-electron chi connectivity index (χ3n) is 4.35. The summed E-state index contributed by atoms with van der Waals surface area (Å²) in [7, 11) is -2.51. The van der Waals surface area contributed by atoms with E-state index in [1.165, 1.54) is 32.2 Å². The van der Waals surface area contributed by atoms with Gasteiger partial charge >= 0.3 is 5.97 Å². The standard InChI is InChI=1S/C20H21BrN2O6S/c1-12(19(24)22-15-6-4-14(21)5-7-15)29-20(25)13-3-10-17(28-2)18(11-13)30(26,27)23-16-8-9-16/h3-7,10-12,16,23H,8-9H2,1-2H3,(H,22,24). The molecule has 1 aliphatic carbocycles. The maximum atomic E-state index is 12.6. The van der Waals surface area contributed by atoms with Crippen LogP contribution in [0.2, 0.25) is 0 Å². The molecule has 160 valence electrons. The summed E-state index contributed by atoms with van der Waals surface area (Å²) in [5.41, 5.74) is 0.547. The van der Waals surface area contributed by atoms with Gasteiger partial charge in [0.05, 0.1) is 12.7 Å². The molecule has 10 heteroatoms. The third kappa shape index (κ3) is 5.59. The Morgan fingerprint density at radius 3 is 2.40 bits per heavy atom. The fourth-order valence-electron chi connectivity index (χ4n) is 2.56. The van der Waals surface area contributed by atoms with E-state index in [-0.39, 0.29) is 22.3 Å². The van der Waals surface area contributed by atoms with Crippen molar-refractivity contribution in [2.75, 3.05) is 12.4 Å². The van der Waals surface area contributed by atoms with Crippen LogP contribution in [-0.2, 0) is 19.6 Å². The normalized spacial score (nSPS) is 14.6. The first-order valence-corrected chi connectivity index (χ1v) is 11.4. The summed E-state index contributed by atoms with van der Waals surface area (Å²) in [6.07, 6.45) is 0.454. The maximum Gasteiger partial charge on any atom is 0.338 e. The minimum Gasteiger partial charge on any atom is -0.495 e. The van der Waals surface area contributed by atoms with Gasteiger partial charge in [-0.1, -0.05) is 15.9 Å². The molecule has 1 saturated carbocycles. The Labute approximate surface area is 183 Å². The van der Waals surface area contributed by atoms with Crippen LogP contribution in [0, 0.1) is 0 Å². The number of carbonyl (C=O) groups excluding carboxylic acids is 2. The molecule has 0 aromatic heterocycles. The van der Waals surface area contributed by atoms with Crippen molar-refractivity contribution in [2.45, 2.75) is 36.8 Å². The molecule has 0 saturated heterocycles. The van der Waals surface area contributed by atoms with E-state index < -0.39 is 28.0 Å². The number of anilines is 1. The second kappa shape index (κ2) is 9.15. The Morgan fingerprint density at radius 1 is 1.13 bits per heavy atom. The molecular weight excluding hydrogens is 476 g/mol. The number of rotatable bonds is 8. The van der Waals surface area contributed by atoms with Gasteiger partial charge in [0, 0.05) is 16.2 Å². The number of ether oxygens (including phenoxy) is 2. The van der Waals surface area contributed by atoms with Gasteiger partial charge in [-0.3, -0.25) is 4.79 Å². The molecule has 1 atom stereocenters. The minimum absolute atomic E-state index is 0.00439. The number of carbonyl (C=O) groups is 2. The van der Waals surface area contributed by atoms with Gasteiger partial charge < -0.3 is 14.8 Å². The molecule has 30 heavy (non-hydrogen) atoms. The number of esters is 1. The third-order valence-corrected chi connectivity index (χ3v) is 6.42. The van der Waals surface area contributed by atoms with Crippen molar-refractivity contribution in [3.63, 3.8) is 0 Å². The molecule has 3 rings (SSSR count). The van der Waals surface area contributed by atoms with E-state index in [1.54, 1.807) is 24.3 Å². The maximum absolute atomic E-state index is 12.6. The average Bonchev–Trinajstić information content (AvgIpc) is 3.52. The smallest absolute Gasteiger partial charge is 0.338 e. The first-order chi connectivity index (χ1) is 14.2. The number of sulfonamides is 1. The van der Waals surface area contributed by atoms with E-state index in [0.717, 1.165) is 17.3 Å². The Balaban J connectivity index is 1.71. The number of hydrogen-bond donors (Lipinski definition) is 2. The Morgan fingerprint density at radius 2 is 1.80 bits per heavy atom. The molecule has 1 aliphatic rings. The Hall–Kier alpha value is -2.43. The van der Waals surface area contributed by atoms with E-state index in [1.807, 2.05) is 0 Å². The highest BCUT2D eigenvalue weighted by molar-refractivity contribution is 9.10. The van der Waals surface area contributed by atoms with E-state index >= 15 is 0 Å². The molecule has 1 fully saturated rings. The van der Waals surface area contributed by atoms with Crippen molar-refractivity contribution in [1.29, 1.82) is 0 Å². The zero-order chi connectivity index (χ0) is 21.9. The van der Waals surface area contributed by atoms with Gasteiger partial charge in [0.1, 0.15) is 10.6 Å². The molecule has 0 heterocycles. The molecular formula is C20H21BrN2O6S. The summed E-state index contributed by atoms with van der Waals surface area (Å²) in [4.78, 5) is 24.6. The van der Waals surface area contributed by atoms with Crippen molar-refractivity contribution >= 4 is 43.5 Å². The highest BCUT2D eigenvalue weighted by atomic mass is 79.9. The lowest BCUT2D eigenvalue weighted by Gasteiger charge is -2.15. The zero-order valence-corrected chi connectivity index (χ0v) is 18.7. The van der Waals surface area contributed by atoms with Crippen LogP contribution in [0.4, 0.5) is 5.69 Å². The quantitative estimate of drug-likeness (QED) is 0.543. The monoisotopic (exact) mass is 496 g/mol. The minimum atomic E-state index is -3.85. The molecule has 2 aromatic carbocycles. The van der Waals surface area contributed by atoms with Crippen molar-refractivity contribution in [2.24, 2.45) is 0 Å². The fourth-order valence-corrected chi connectivity index (χ4v) is 4.32. The van der Waals surface area contributed by atoms with Gasteiger partial charge in [-0.05, 0) is 62.2 Å². The van der Waals surface area contributed by atoms with E-state index in [4.69, 9.17) is 9.47 Å². The predicted octanol–water partition coefficient (Wildman–Crippen LogP) is 3.08. The van der Waals surface area contributed by atoms with Crippen LogP contribution in [0.3, 0.4) is 0 Å². The summed E-state index contributed by atoms with van der Waals surface area (Å²) >= 11 is 3.31. The average molecular weight is 497 g/mol. The van der Waals surface area contributed by atoms with Crippen LogP contribution >= 0.6 is 15.9 Å². The molecule has 2 aromatic rings. The van der Waals surface area contributed by atoms with Gasteiger partial charge in [0.2, 0.25) is 10.0 Å². The molecule has 0 aliphatic heterocycles. The molecule has 8 nitrogen and oxygen atoms in total. The highest BCUT2D eigenvalue weighted by Gasteiger charge is 2.30. The number of methoxy groups -OCH3 is 1. The second-order valence-electron chi connectivity index (χ2n) is 6.80. The molecule has 2 N–H and O–H groups in total. The van der Waals surface area contributed by atoms with E-state index in [2.05, 4.69) is 26.0 Å². The van der Waals surface area contributed by atoms with Gasteiger partial charge in [-0.15, -0.1) is 0 Å². The molecule has 1 unspecified atom stereocenters. The number of halogens is 1. The van der Waals surface area contributed by atoms with Gasteiger partial charge in [0.25, 0.3) is 5.91 Å². The molecule has 0 bridgehead atoms. The predicted molar refractivity (Wildman–Crippen MR) is 114 cm³/mol. The molecule has 0 radical (unpaired) electrons. The fraction of sp³-hybridized carbons (Fsp3) is 0.300. The Kier molecular flexibility index (Phi) is 6.79. The van der Waals surface area contributed by atoms with Crippen LogP contribution in [0.25, 0.3) is 0 Å². The first-order valence-electron chi connectivity index (χ1n) is 9.17.